The molecule has 5 nitrogen and oxygen atoms in total. The Morgan fingerprint density at radius 1 is 1.08 bits per heavy atom. The minimum absolute atomic E-state index is 0.0986. The molecule has 144 valence electrons. The maximum atomic E-state index is 12.7. The molecule has 2 fully saturated rings. The fourth-order valence-electron chi connectivity index (χ4n) is 3.98. The fraction of sp³-hybridized carbons (Fsp3) is 0.667. The second kappa shape index (κ2) is 8.30. The van der Waals surface area contributed by atoms with E-state index in [4.69, 9.17) is 4.74 Å². The number of carbonyl (C=O) groups excluding carboxylic acids is 1. The number of amides is 1. The van der Waals surface area contributed by atoms with Gasteiger partial charge in [0.15, 0.2) is 0 Å². The summed E-state index contributed by atoms with van der Waals surface area (Å²) in [6.45, 7) is 11.9. The van der Waals surface area contributed by atoms with Crippen LogP contribution in [0.15, 0.2) is 24.3 Å². The predicted molar refractivity (Wildman–Crippen MR) is 107 cm³/mol. The Hall–Kier alpha value is -1.75. The molecule has 1 aromatic rings. The zero-order valence-electron chi connectivity index (χ0n) is 16.6. The minimum atomic E-state index is -0.241. The van der Waals surface area contributed by atoms with Crippen molar-refractivity contribution in [3.05, 3.63) is 24.3 Å². The SMILES string of the molecule is CC1CCN(c2ccc(N[C@H](C)C(=O)N3C[C@H](C)O[C@@H](C)C3)cc2)CC1. The van der Waals surface area contributed by atoms with Gasteiger partial charge in [0.2, 0.25) is 5.91 Å². The maximum absolute atomic E-state index is 12.7. The van der Waals surface area contributed by atoms with Gasteiger partial charge in [-0.2, -0.15) is 0 Å². The Balaban J connectivity index is 1.55. The lowest BCUT2D eigenvalue weighted by Gasteiger charge is -2.36. The first-order valence-corrected chi connectivity index (χ1v) is 9.98. The zero-order chi connectivity index (χ0) is 18.7. The lowest BCUT2D eigenvalue weighted by Crippen LogP contribution is -2.52. The molecule has 0 spiro atoms. The summed E-state index contributed by atoms with van der Waals surface area (Å²) >= 11 is 0. The first kappa shape index (κ1) is 19.0. The smallest absolute Gasteiger partial charge is 0.244 e. The molecule has 26 heavy (non-hydrogen) atoms. The number of morpholine rings is 1. The number of piperidine rings is 1. The summed E-state index contributed by atoms with van der Waals surface area (Å²) in [5.41, 5.74) is 2.27. The first-order valence-electron chi connectivity index (χ1n) is 9.98. The number of benzene rings is 1. The molecule has 0 saturated carbocycles. The van der Waals surface area contributed by atoms with E-state index in [1.807, 2.05) is 25.7 Å². The molecular weight excluding hydrogens is 326 g/mol. The van der Waals surface area contributed by atoms with E-state index < -0.39 is 0 Å². The molecule has 2 saturated heterocycles. The summed E-state index contributed by atoms with van der Waals surface area (Å²) in [6, 6.07) is 8.25. The van der Waals surface area contributed by atoms with Crippen molar-refractivity contribution in [3.63, 3.8) is 0 Å². The van der Waals surface area contributed by atoms with Crippen LogP contribution >= 0.6 is 0 Å². The second-order valence-electron chi connectivity index (χ2n) is 8.08. The third-order valence-corrected chi connectivity index (χ3v) is 5.50. The van der Waals surface area contributed by atoms with Crippen LogP contribution in [0.4, 0.5) is 11.4 Å². The van der Waals surface area contributed by atoms with Crippen molar-refractivity contribution >= 4 is 17.3 Å². The van der Waals surface area contributed by atoms with Crippen LogP contribution in [-0.4, -0.2) is 55.2 Å². The standard InChI is InChI=1S/C21H33N3O2/c1-15-9-11-23(12-10-15)20-7-5-19(6-8-20)22-18(4)21(25)24-13-16(2)26-17(3)14-24/h5-8,15-18,22H,9-14H2,1-4H3/t16-,17-,18+/m0/s1. The van der Waals surface area contributed by atoms with Crippen LogP contribution < -0.4 is 10.2 Å². The highest BCUT2D eigenvalue weighted by atomic mass is 16.5. The number of hydrogen-bond acceptors (Lipinski definition) is 4. The lowest BCUT2D eigenvalue weighted by molar-refractivity contribution is -0.143. The van der Waals surface area contributed by atoms with E-state index in [0.717, 1.165) is 24.7 Å². The van der Waals surface area contributed by atoms with Gasteiger partial charge in [0.05, 0.1) is 12.2 Å². The molecule has 2 heterocycles. The molecule has 0 aromatic heterocycles. The van der Waals surface area contributed by atoms with Gasteiger partial charge in [-0.15, -0.1) is 0 Å². The zero-order valence-corrected chi connectivity index (χ0v) is 16.6. The number of nitrogens with zero attached hydrogens (tertiary/aromatic N) is 2. The molecule has 0 unspecified atom stereocenters. The number of nitrogens with one attached hydrogen (secondary N) is 1. The summed E-state index contributed by atoms with van der Waals surface area (Å²) in [5, 5.41) is 3.36. The summed E-state index contributed by atoms with van der Waals surface area (Å²) < 4.78 is 5.72. The molecular formula is C21H33N3O2. The minimum Gasteiger partial charge on any atom is -0.374 e. The quantitative estimate of drug-likeness (QED) is 0.895. The highest BCUT2D eigenvalue weighted by Gasteiger charge is 2.28. The van der Waals surface area contributed by atoms with Crippen LogP contribution in [0, 0.1) is 5.92 Å². The molecule has 1 N–H and O–H groups in total. The summed E-state index contributed by atoms with van der Waals surface area (Å²) in [5.74, 6) is 0.978. The van der Waals surface area contributed by atoms with Gasteiger partial charge < -0.3 is 19.9 Å². The van der Waals surface area contributed by atoms with Gasteiger partial charge in [-0.3, -0.25) is 4.79 Å². The van der Waals surface area contributed by atoms with Crippen molar-refractivity contribution in [2.24, 2.45) is 5.92 Å². The van der Waals surface area contributed by atoms with Crippen LogP contribution in [0.2, 0.25) is 0 Å². The molecule has 1 aromatic carbocycles. The van der Waals surface area contributed by atoms with Crippen LogP contribution in [-0.2, 0) is 9.53 Å². The first-order chi connectivity index (χ1) is 12.4. The molecule has 2 aliphatic rings. The third-order valence-electron chi connectivity index (χ3n) is 5.50. The van der Waals surface area contributed by atoms with E-state index in [0.29, 0.717) is 13.1 Å². The van der Waals surface area contributed by atoms with Gasteiger partial charge in [-0.05, 0) is 63.8 Å². The average Bonchev–Trinajstić information content (AvgIpc) is 2.61. The summed E-state index contributed by atoms with van der Waals surface area (Å²) in [4.78, 5) is 17.1. The van der Waals surface area contributed by atoms with E-state index >= 15 is 0 Å². The van der Waals surface area contributed by atoms with Crippen LogP contribution in [0.25, 0.3) is 0 Å². The lowest BCUT2D eigenvalue weighted by atomic mass is 9.99. The van der Waals surface area contributed by atoms with Crippen molar-refractivity contribution in [1.82, 2.24) is 4.90 Å². The molecule has 1 amide bonds. The molecule has 5 heteroatoms. The highest BCUT2D eigenvalue weighted by molar-refractivity contribution is 5.84. The monoisotopic (exact) mass is 359 g/mol. The van der Waals surface area contributed by atoms with Gasteiger partial charge in [-0.25, -0.2) is 0 Å². The molecule has 3 rings (SSSR count). The van der Waals surface area contributed by atoms with Gasteiger partial charge in [0.25, 0.3) is 0 Å². The van der Waals surface area contributed by atoms with E-state index in [1.54, 1.807) is 0 Å². The summed E-state index contributed by atoms with van der Waals surface area (Å²) in [7, 11) is 0. The Labute approximate surface area is 157 Å². The van der Waals surface area contributed by atoms with Crippen molar-refractivity contribution in [2.75, 3.05) is 36.4 Å². The van der Waals surface area contributed by atoms with E-state index in [2.05, 4.69) is 41.4 Å². The Morgan fingerprint density at radius 2 is 1.65 bits per heavy atom. The van der Waals surface area contributed by atoms with E-state index in [-0.39, 0.29) is 24.2 Å². The largest absolute Gasteiger partial charge is 0.374 e. The number of rotatable bonds is 4. The maximum Gasteiger partial charge on any atom is 0.244 e. The molecule has 0 radical (unpaired) electrons. The fourth-order valence-corrected chi connectivity index (χ4v) is 3.98. The van der Waals surface area contributed by atoms with Gasteiger partial charge in [-0.1, -0.05) is 6.92 Å². The molecule has 0 aliphatic carbocycles. The van der Waals surface area contributed by atoms with Crippen molar-refractivity contribution in [1.29, 1.82) is 0 Å². The number of anilines is 2. The Kier molecular flexibility index (Phi) is 6.07. The average molecular weight is 360 g/mol. The van der Waals surface area contributed by atoms with Gasteiger partial charge in [0.1, 0.15) is 6.04 Å². The normalized spacial score (nSPS) is 25.8. The van der Waals surface area contributed by atoms with Crippen molar-refractivity contribution in [3.8, 4) is 0 Å². The second-order valence-corrected chi connectivity index (χ2v) is 8.08. The van der Waals surface area contributed by atoms with Crippen LogP contribution in [0.1, 0.15) is 40.5 Å². The predicted octanol–water partition coefficient (Wildman–Crippen LogP) is 3.36. The van der Waals surface area contributed by atoms with Crippen molar-refractivity contribution in [2.45, 2.75) is 58.8 Å². The van der Waals surface area contributed by atoms with E-state index in [9.17, 15) is 4.79 Å². The highest BCUT2D eigenvalue weighted by Crippen LogP contribution is 2.24. The third kappa shape index (κ3) is 4.70. The van der Waals surface area contributed by atoms with E-state index in [1.165, 1.54) is 18.5 Å². The topological polar surface area (TPSA) is 44.8 Å². The van der Waals surface area contributed by atoms with Crippen LogP contribution in [0.3, 0.4) is 0 Å². The van der Waals surface area contributed by atoms with Gasteiger partial charge in [0, 0.05) is 37.6 Å². The number of carbonyl (C=O) groups is 1. The Morgan fingerprint density at radius 3 is 2.23 bits per heavy atom. The van der Waals surface area contributed by atoms with Gasteiger partial charge >= 0.3 is 0 Å². The Bertz CT molecular complexity index is 586. The van der Waals surface area contributed by atoms with Crippen molar-refractivity contribution < 1.29 is 9.53 Å². The number of hydrogen-bond donors (Lipinski definition) is 1. The molecule has 3 atom stereocenters. The van der Waals surface area contributed by atoms with Crippen LogP contribution in [0.5, 0.6) is 0 Å². The molecule has 2 aliphatic heterocycles. The summed E-state index contributed by atoms with van der Waals surface area (Å²) in [6.07, 6.45) is 2.73. The number of ether oxygens (including phenoxy) is 1. The molecule has 0 bridgehead atoms.